The first-order chi connectivity index (χ1) is 9.49. The molecule has 0 heterocycles. The van der Waals surface area contributed by atoms with Crippen LogP contribution in [0.15, 0.2) is 48.5 Å². The fourth-order valence-corrected chi connectivity index (χ4v) is 2.01. The Bertz CT molecular complexity index is 638. The van der Waals surface area contributed by atoms with Gasteiger partial charge in [0.05, 0.1) is 0 Å². The largest absolute Gasteiger partial charge is 0.389 e. The zero-order valence-corrected chi connectivity index (χ0v) is 12.4. The number of amides is 1. The van der Waals surface area contributed by atoms with Gasteiger partial charge in [0.1, 0.15) is 4.99 Å². The molecule has 5 heteroatoms. The number of nitrogens with two attached hydrogens (primary N) is 1. The maximum Gasteiger partial charge on any atom is 0.258 e. The number of anilines is 1. The van der Waals surface area contributed by atoms with Crippen LogP contribution < -0.4 is 10.6 Å². The van der Waals surface area contributed by atoms with Crippen LogP contribution in [0.1, 0.15) is 15.9 Å². The van der Waals surface area contributed by atoms with Crippen molar-refractivity contribution in [1.82, 2.24) is 0 Å². The van der Waals surface area contributed by atoms with E-state index in [4.69, 9.17) is 29.6 Å². The van der Waals surface area contributed by atoms with Crippen molar-refractivity contribution >= 4 is 40.4 Å². The second kappa shape index (κ2) is 6.03. The molecule has 0 aliphatic heterocycles. The summed E-state index contributed by atoms with van der Waals surface area (Å²) in [6.07, 6.45) is 0. The summed E-state index contributed by atoms with van der Waals surface area (Å²) in [5, 5.41) is 0.602. The van der Waals surface area contributed by atoms with Gasteiger partial charge in [0, 0.05) is 28.9 Å². The highest BCUT2D eigenvalue weighted by Gasteiger charge is 2.13. The molecule has 2 aromatic rings. The highest BCUT2D eigenvalue weighted by Crippen LogP contribution is 2.18. The van der Waals surface area contributed by atoms with Gasteiger partial charge in [-0.25, -0.2) is 0 Å². The van der Waals surface area contributed by atoms with Crippen molar-refractivity contribution in [2.24, 2.45) is 5.73 Å². The number of halogens is 1. The van der Waals surface area contributed by atoms with E-state index in [0.29, 0.717) is 15.6 Å². The molecule has 0 unspecified atom stereocenters. The van der Waals surface area contributed by atoms with Crippen LogP contribution in [-0.4, -0.2) is 17.9 Å². The Morgan fingerprint density at radius 2 is 1.55 bits per heavy atom. The summed E-state index contributed by atoms with van der Waals surface area (Å²) in [5.41, 5.74) is 7.66. The van der Waals surface area contributed by atoms with Crippen molar-refractivity contribution < 1.29 is 4.79 Å². The van der Waals surface area contributed by atoms with E-state index in [1.54, 1.807) is 48.3 Å². The van der Waals surface area contributed by atoms with Crippen molar-refractivity contribution in [2.45, 2.75) is 0 Å². The number of carbonyl (C=O) groups is 1. The number of benzene rings is 2. The van der Waals surface area contributed by atoms with E-state index in [1.165, 1.54) is 0 Å². The van der Waals surface area contributed by atoms with Crippen LogP contribution in [0.25, 0.3) is 0 Å². The fraction of sp³-hybridized carbons (Fsp3) is 0.0667. The topological polar surface area (TPSA) is 46.3 Å². The molecule has 0 aliphatic carbocycles. The lowest BCUT2D eigenvalue weighted by Gasteiger charge is -2.17. The van der Waals surface area contributed by atoms with Gasteiger partial charge in [-0.2, -0.15) is 0 Å². The van der Waals surface area contributed by atoms with Gasteiger partial charge in [0.15, 0.2) is 0 Å². The van der Waals surface area contributed by atoms with Crippen LogP contribution in [0.5, 0.6) is 0 Å². The minimum absolute atomic E-state index is 0.107. The molecule has 0 saturated carbocycles. The maximum atomic E-state index is 12.3. The van der Waals surface area contributed by atoms with E-state index >= 15 is 0 Å². The third-order valence-corrected chi connectivity index (χ3v) is 3.42. The van der Waals surface area contributed by atoms with Crippen molar-refractivity contribution in [2.75, 3.05) is 11.9 Å². The smallest absolute Gasteiger partial charge is 0.258 e. The molecule has 2 N–H and O–H groups in total. The Morgan fingerprint density at radius 1 is 1.05 bits per heavy atom. The lowest BCUT2D eigenvalue weighted by atomic mass is 10.1. The molecule has 0 fully saturated rings. The Morgan fingerprint density at radius 3 is 2.05 bits per heavy atom. The van der Waals surface area contributed by atoms with Crippen molar-refractivity contribution in [3.05, 3.63) is 64.7 Å². The second-order valence-corrected chi connectivity index (χ2v) is 5.16. The molecule has 102 valence electrons. The van der Waals surface area contributed by atoms with Crippen LogP contribution in [0.4, 0.5) is 5.69 Å². The van der Waals surface area contributed by atoms with Crippen LogP contribution in [-0.2, 0) is 0 Å². The van der Waals surface area contributed by atoms with Crippen molar-refractivity contribution in [1.29, 1.82) is 0 Å². The zero-order valence-electron chi connectivity index (χ0n) is 10.8. The molecule has 2 aromatic carbocycles. The van der Waals surface area contributed by atoms with Gasteiger partial charge in [0.2, 0.25) is 0 Å². The van der Waals surface area contributed by atoms with Gasteiger partial charge in [-0.1, -0.05) is 23.8 Å². The molecule has 3 nitrogen and oxygen atoms in total. The highest BCUT2D eigenvalue weighted by molar-refractivity contribution is 7.80. The quantitative estimate of drug-likeness (QED) is 0.885. The second-order valence-electron chi connectivity index (χ2n) is 4.28. The number of hydrogen-bond donors (Lipinski definition) is 1. The van der Waals surface area contributed by atoms with E-state index in [0.717, 1.165) is 11.3 Å². The van der Waals surface area contributed by atoms with Crippen LogP contribution in [0, 0.1) is 0 Å². The third kappa shape index (κ3) is 3.15. The molecular weight excluding hydrogens is 292 g/mol. The van der Waals surface area contributed by atoms with Crippen LogP contribution in [0.3, 0.4) is 0 Å². The third-order valence-electron chi connectivity index (χ3n) is 2.93. The minimum atomic E-state index is -0.107. The number of hydrogen-bond acceptors (Lipinski definition) is 2. The van der Waals surface area contributed by atoms with E-state index in [2.05, 4.69) is 0 Å². The first kappa shape index (κ1) is 14.5. The summed E-state index contributed by atoms with van der Waals surface area (Å²) in [5.74, 6) is -0.107. The lowest BCUT2D eigenvalue weighted by Crippen LogP contribution is -2.26. The summed E-state index contributed by atoms with van der Waals surface area (Å²) in [7, 11) is 1.71. The number of thiocarbonyl (C=S) groups is 1. The Kier molecular flexibility index (Phi) is 4.37. The van der Waals surface area contributed by atoms with E-state index < -0.39 is 0 Å². The minimum Gasteiger partial charge on any atom is -0.389 e. The molecule has 0 radical (unpaired) electrons. The molecule has 1 amide bonds. The fourth-order valence-electron chi connectivity index (χ4n) is 1.75. The normalized spacial score (nSPS) is 10.1. The van der Waals surface area contributed by atoms with Gasteiger partial charge in [-0.15, -0.1) is 0 Å². The standard InChI is InChI=1S/C15H13ClN2OS/c1-18(13-8-4-10(5-9-13)14(17)20)15(19)11-2-6-12(16)7-3-11/h2-9H,1H3,(H2,17,20). The van der Waals surface area contributed by atoms with Crippen LogP contribution in [0.2, 0.25) is 5.02 Å². The Balaban J connectivity index is 2.22. The average molecular weight is 305 g/mol. The zero-order chi connectivity index (χ0) is 14.7. The number of nitrogens with zero attached hydrogens (tertiary/aromatic N) is 1. The molecular formula is C15H13ClN2OS. The van der Waals surface area contributed by atoms with Gasteiger partial charge in [0.25, 0.3) is 5.91 Å². The number of rotatable bonds is 3. The first-order valence-electron chi connectivity index (χ1n) is 5.92. The molecule has 0 saturated heterocycles. The molecule has 0 aliphatic rings. The first-order valence-corrected chi connectivity index (χ1v) is 6.71. The van der Waals surface area contributed by atoms with Gasteiger partial charge in [-0.05, 0) is 48.5 Å². The SMILES string of the molecule is CN(C(=O)c1ccc(Cl)cc1)c1ccc(C(N)=S)cc1. The van der Waals surface area contributed by atoms with E-state index in [1.807, 2.05) is 12.1 Å². The van der Waals surface area contributed by atoms with Crippen molar-refractivity contribution in [3.63, 3.8) is 0 Å². The van der Waals surface area contributed by atoms with Gasteiger partial charge >= 0.3 is 0 Å². The summed E-state index contributed by atoms with van der Waals surface area (Å²) >= 11 is 10.7. The molecule has 2 rings (SSSR count). The van der Waals surface area contributed by atoms with Gasteiger partial charge in [-0.3, -0.25) is 4.79 Å². The molecule has 20 heavy (non-hydrogen) atoms. The summed E-state index contributed by atoms with van der Waals surface area (Å²) in [6.45, 7) is 0. The van der Waals surface area contributed by atoms with E-state index in [9.17, 15) is 4.79 Å². The molecule has 0 spiro atoms. The Hall–Kier alpha value is -1.91. The summed E-state index contributed by atoms with van der Waals surface area (Å²) in [4.78, 5) is 14.2. The van der Waals surface area contributed by atoms with Crippen LogP contribution >= 0.6 is 23.8 Å². The molecule has 0 atom stereocenters. The molecule has 0 aromatic heterocycles. The van der Waals surface area contributed by atoms with Crippen molar-refractivity contribution in [3.8, 4) is 0 Å². The number of carbonyl (C=O) groups excluding carboxylic acids is 1. The Labute approximate surface area is 128 Å². The monoisotopic (exact) mass is 304 g/mol. The summed E-state index contributed by atoms with van der Waals surface area (Å²) < 4.78 is 0. The molecule has 0 bridgehead atoms. The average Bonchev–Trinajstić information content (AvgIpc) is 2.46. The highest BCUT2D eigenvalue weighted by atomic mass is 35.5. The maximum absolute atomic E-state index is 12.3. The summed E-state index contributed by atoms with van der Waals surface area (Å²) in [6, 6.07) is 14.0. The lowest BCUT2D eigenvalue weighted by molar-refractivity contribution is 0.0993. The predicted octanol–water partition coefficient (Wildman–Crippen LogP) is 3.25. The van der Waals surface area contributed by atoms with Gasteiger partial charge < -0.3 is 10.6 Å². The van der Waals surface area contributed by atoms with E-state index in [-0.39, 0.29) is 5.91 Å². The predicted molar refractivity (Wildman–Crippen MR) is 86.5 cm³/mol.